The number of nitrogens with zero attached hydrogens (tertiary/aromatic N) is 1. The molecule has 7 nitrogen and oxygen atoms in total. The number of aliphatic hydroxyl groups excluding tert-OH is 2. The van der Waals surface area contributed by atoms with Gasteiger partial charge in [0.15, 0.2) is 11.1 Å². The van der Waals surface area contributed by atoms with E-state index in [4.69, 9.17) is 9.47 Å². The molecule has 0 aromatic heterocycles. The molecule has 3 aromatic rings. The first-order chi connectivity index (χ1) is 15.8. The summed E-state index contributed by atoms with van der Waals surface area (Å²) in [6, 6.07) is 18.8. The van der Waals surface area contributed by atoms with Crippen LogP contribution >= 0.6 is 0 Å². The Kier molecular flexibility index (Phi) is 4.04. The standard InChI is InChI=1S/C25H23NO6S/c1-15-7-10-17(11-8-15)33(29,30)26-20-6-4-3-5-18(20)24-14-21(27)23(28)25(24,26)19-12-9-16(31-2)13-22(19)32-24/h3-13,21,23,27-28H,14H2,1-2H3/t21-,23-,24-,25+/m0/s1. The molecule has 0 amide bonds. The minimum Gasteiger partial charge on any atom is -0.497 e. The van der Waals surface area contributed by atoms with Crippen LogP contribution in [0.15, 0.2) is 71.6 Å². The van der Waals surface area contributed by atoms with Crippen molar-refractivity contribution in [3.05, 3.63) is 83.4 Å². The van der Waals surface area contributed by atoms with E-state index in [1.807, 2.05) is 19.1 Å². The zero-order valence-electron chi connectivity index (χ0n) is 18.1. The Bertz CT molecular complexity index is 1390. The van der Waals surface area contributed by atoms with Gasteiger partial charge in [-0.05, 0) is 37.3 Å². The van der Waals surface area contributed by atoms with Crippen LogP contribution in [0.1, 0.15) is 23.1 Å². The molecule has 3 aliphatic rings. The van der Waals surface area contributed by atoms with Gasteiger partial charge < -0.3 is 19.7 Å². The lowest BCUT2D eigenvalue weighted by Gasteiger charge is -2.41. The van der Waals surface area contributed by atoms with Gasteiger partial charge in [0.1, 0.15) is 17.6 Å². The topological polar surface area (TPSA) is 96.3 Å². The van der Waals surface area contributed by atoms with Gasteiger partial charge in [-0.2, -0.15) is 0 Å². The second-order valence-corrected chi connectivity index (χ2v) is 10.7. The highest BCUT2D eigenvalue weighted by atomic mass is 32.2. The van der Waals surface area contributed by atoms with Crippen LogP contribution < -0.4 is 13.8 Å². The van der Waals surface area contributed by atoms with Gasteiger partial charge in [-0.25, -0.2) is 12.7 Å². The number of rotatable bonds is 3. The van der Waals surface area contributed by atoms with Crippen LogP contribution in [0.2, 0.25) is 0 Å². The van der Waals surface area contributed by atoms with Gasteiger partial charge in [-0.15, -0.1) is 0 Å². The fourth-order valence-corrected chi connectivity index (χ4v) is 7.71. The molecule has 0 bridgehead atoms. The number of aryl methyl sites for hydroxylation is 1. The number of fused-ring (bicyclic) bond motifs is 2. The molecular formula is C25H23NO6S. The molecule has 1 aliphatic carbocycles. The van der Waals surface area contributed by atoms with Crippen molar-refractivity contribution in [3.8, 4) is 11.5 Å². The van der Waals surface area contributed by atoms with Crippen LogP contribution in [0, 0.1) is 6.92 Å². The van der Waals surface area contributed by atoms with Crippen LogP contribution in [-0.4, -0.2) is 37.9 Å². The van der Waals surface area contributed by atoms with Gasteiger partial charge in [0.25, 0.3) is 10.0 Å². The second-order valence-electron chi connectivity index (χ2n) is 8.87. The van der Waals surface area contributed by atoms with Crippen molar-refractivity contribution >= 4 is 15.7 Å². The normalized spacial score (nSPS) is 29.2. The largest absolute Gasteiger partial charge is 0.497 e. The number of benzene rings is 3. The van der Waals surface area contributed by atoms with E-state index in [1.54, 1.807) is 54.6 Å². The second kappa shape index (κ2) is 6.50. The lowest BCUT2D eigenvalue weighted by Crippen LogP contribution is -2.59. The molecule has 2 heterocycles. The fraction of sp³-hybridized carbons (Fsp3) is 0.280. The van der Waals surface area contributed by atoms with E-state index in [0.717, 1.165) is 5.56 Å². The van der Waals surface area contributed by atoms with Crippen molar-refractivity contribution in [3.63, 3.8) is 0 Å². The third-order valence-electron chi connectivity index (χ3n) is 7.23. The highest BCUT2D eigenvalue weighted by Gasteiger charge is 2.79. The minimum absolute atomic E-state index is 0.0437. The molecule has 0 unspecified atom stereocenters. The Labute approximate surface area is 191 Å². The van der Waals surface area contributed by atoms with E-state index < -0.39 is 33.4 Å². The molecule has 1 fully saturated rings. The lowest BCUT2D eigenvalue weighted by molar-refractivity contribution is -0.00480. The van der Waals surface area contributed by atoms with Gasteiger partial charge in [-0.3, -0.25) is 0 Å². The third kappa shape index (κ3) is 2.28. The van der Waals surface area contributed by atoms with E-state index in [9.17, 15) is 18.6 Å². The number of anilines is 1. The van der Waals surface area contributed by atoms with Gasteiger partial charge in [-0.1, -0.05) is 35.9 Å². The molecule has 4 atom stereocenters. The molecule has 170 valence electrons. The smallest absolute Gasteiger partial charge is 0.265 e. The molecular weight excluding hydrogens is 442 g/mol. The van der Waals surface area contributed by atoms with Gasteiger partial charge in [0, 0.05) is 23.6 Å². The highest BCUT2D eigenvalue weighted by Crippen LogP contribution is 2.71. The average Bonchev–Trinajstić information content (AvgIpc) is 3.31. The van der Waals surface area contributed by atoms with E-state index in [2.05, 4.69) is 0 Å². The Morgan fingerprint density at radius 3 is 2.48 bits per heavy atom. The number of sulfonamides is 1. The minimum atomic E-state index is -4.16. The predicted molar refractivity (Wildman–Crippen MR) is 121 cm³/mol. The van der Waals surface area contributed by atoms with Crippen molar-refractivity contribution in [1.82, 2.24) is 0 Å². The zero-order chi connectivity index (χ0) is 23.2. The molecule has 3 aromatic carbocycles. The monoisotopic (exact) mass is 465 g/mol. The summed E-state index contributed by atoms with van der Waals surface area (Å²) in [5.41, 5.74) is -0.367. The molecule has 0 radical (unpaired) electrons. The number of aliphatic hydroxyl groups is 2. The quantitative estimate of drug-likeness (QED) is 0.618. The van der Waals surface area contributed by atoms with E-state index in [-0.39, 0.29) is 11.3 Å². The summed E-state index contributed by atoms with van der Waals surface area (Å²) in [6.45, 7) is 1.89. The van der Waals surface area contributed by atoms with Crippen LogP contribution in [-0.2, 0) is 21.2 Å². The fourth-order valence-electron chi connectivity index (χ4n) is 5.87. The van der Waals surface area contributed by atoms with Gasteiger partial charge in [0.05, 0.1) is 23.8 Å². The molecule has 8 heteroatoms. The van der Waals surface area contributed by atoms with Crippen LogP contribution in [0.25, 0.3) is 0 Å². The zero-order valence-corrected chi connectivity index (χ0v) is 18.9. The van der Waals surface area contributed by atoms with E-state index in [1.165, 1.54) is 11.4 Å². The van der Waals surface area contributed by atoms with Crippen LogP contribution in [0.4, 0.5) is 5.69 Å². The summed E-state index contributed by atoms with van der Waals surface area (Å²) in [5, 5.41) is 22.4. The molecule has 0 saturated heterocycles. The lowest BCUT2D eigenvalue weighted by atomic mass is 9.77. The average molecular weight is 466 g/mol. The van der Waals surface area contributed by atoms with Crippen molar-refractivity contribution < 1.29 is 28.1 Å². The van der Waals surface area contributed by atoms with Gasteiger partial charge in [0.2, 0.25) is 0 Å². The summed E-state index contributed by atoms with van der Waals surface area (Å²) in [5.74, 6) is 0.981. The summed E-state index contributed by atoms with van der Waals surface area (Å²) in [6.07, 6.45) is -2.55. The maximum Gasteiger partial charge on any atom is 0.265 e. The third-order valence-corrected chi connectivity index (χ3v) is 9.06. The molecule has 1 saturated carbocycles. The van der Waals surface area contributed by atoms with Crippen molar-refractivity contribution in [1.29, 1.82) is 0 Å². The number of ether oxygens (including phenoxy) is 2. The Morgan fingerprint density at radius 1 is 1.03 bits per heavy atom. The van der Waals surface area contributed by atoms with E-state index in [0.29, 0.717) is 28.3 Å². The summed E-state index contributed by atoms with van der Waals surface area (Å²) < 4.78 is 41.6. The number of hydrogen-bond donors (Lipinski definition) is 2. The van der Waals surface area contributed by atoms with Crippen LogP contribution in [0.5, 0.6) is 11.5 Å². The maximum atomic E-state index is 14.2. The van der Waals surface area contributed by atoms with Crippen molar-refractivity contribution in [2.75, 3.05) is 11.4 Å². The first-order valence-corrected chi connectivity index (χ1v) is 12.2. The molecule has 33 heavy (non-hydrogen) atoms. The molecule has 0 spiro atoms. The Morgan fingerprint density at radius 2 is 1.76 bits per heavy atom. The highest BCUT2D eigenvalue weighted by molar-refractivity contribution is 7.93. The first-order valence-electron chi connectivity index (χ1n) is 10.7. The number of methoxy groups -OCH3 is 1. The molecule has 2 aliphatic heterocycles. The van der Waals surface area contributed by atoms with Gasteiger partial charge >= 0.3 is 0 Å². The molecule has 6 rings (SSSR count). The Balaban J connectivity index is 1.71. The maximum absolute atomic E-state index is 14.2. The Hall–Kier alpha value is -3.07. The van der Waals surface area contributed by atoms with Crippen molar-refractivity contribution in [2.45, 2.75) is 41.6 Å². The van der Waals surface area contributed by atoms with Crippen LogP contribution in [0.3, 0.4) is 0 Å². The van der Waals surface area contributed by atoms with Crippen molar-refractivity contribution in [2.24, 2.45) is 0 Å². The summed E-state index contributed by atoms with van der Waals surface area (Å²) in [4.78, 5) is 0.101. The number of hydrogen-bond acceptors (Lipinski definition) is 6. The summed E-state index contributed by atoms with van der Waals surface area (Å²) >= 11 is 0. The predicted octanol–water partition coefficient (Wildman–Crippen LogP) is 2.82. The van der Waals surface area contributed by atoms with E-state index >= 15 is 0 Å². The molecule has 2 N–H and O–H groups in total. The first kappa shape index (κ1) is 20.5. The SMILES string of the molecule is COc1ccc2c(c1)O[C@]13C[C@H](O)[C@H](O)[C@]21N(S(=O)(=O)c1ccc(C)cc1)c1ccccc13. The number of para-hydroxylation sites is 1. The summed E-state index contributed by atoms with van der Waals surface area (Å²) in [7, 11) is -2.62.